The summed E-state index contributed by atoms with van der Waals surface area (Å²) in [4.78, 5) is 17.7. The summed E-state index contributed by atoms with van der Waals surface area (Å²) in [6.07, 6.45) is 3.28. The number of hydrogen-bond donors (Lipinski definition) is 2. The zero-order valence-corrected chi connectivity index (χ0v) is 15.5. The van der Waals surface area contributed by atoms with Crippen molar-refractivity contribution in [2.75, 3.05) is 33.7 Å². The highest BCUT2D eigenvalue weighted by Gasteiger charge is 2.44. The van der Waals surface area contributed by atoms with Crippen LogP contribution >= 0.6 is 11.6 Å². The molecule has 0 heterocycles. The zero-order chi connectivity index (χ0) is 17.6. The van der Waals surface area contributed by atoms with Gasteiger partial charge in [0.1, 0.15) is 6.54 Å². The highest BCUT2D eigenvalue weighted by atomic mass is 35.5. The third-order valence-electron chi connectivity index (χ3n) is 4.30. The highest BCUT2D eigenvalue weighted by Crippen LogP contribution is 2.48. The molecule has 24 heavy (non-hydrogen) atoms. The van der Waals surface area contributed by atoms with E-state index in [9.17, 15) is 4.79 Å². The van der Waals surface area contributed by atoms with Crippen LogP contribution in [-0.2, 0) is 10.2 Å². The second-order valence-electron chi connectivity index (χ2n) is 6.52. The summed E-state index contributed by atoms with van der Waals surface area (Å²) >= 11 is 6.13. The molecule has 1 amide bonds. The predicted octanol–water partition coefficient (Wildman–Crippen LogP) is 2.41. The standard InChI is InChI=1S/C18H27ClN4O/c1-4-10-20-17(21-12-16(24)23(2)3)22-13-18(8-9-18)14-6-5-7-15(19)11-14/h5-7,11H,4,8-10,12-13H2,1-3H3,(H2,20,21,22). The van der Waals surface area contributed by atoms with Gasteiger partial charge in [0, 0.05) is 37.6 Å². The maximum atomic E-state index is 11.7. The maximum absolute atomic E-state index is 11.7. The minimum Gasteiger partial charge on any atom is -0.356 e. The van der Waals surface area contributed by atoms with E-state index in [0.717, 1.165) is 37.4 Å². The fourth-order valence-electron chi connectivity index (χ4n) is 2.50. The molecule has 0 atom stereocenters. The van der Waals surface area contributed by atoms with Crippen molar-refractivity contribution in [2.24, 2.45) is 4.99 Å². The van der Waals surface area contributed by atoms with Gasteiger partial charge in [-0.1, -0.05) is 30.7 Å². The van der Waals surface area contributed by atoms with Gasteiger partial charge < -0.3 is 15.5 Å². The van der Waals surface area contributed by atoms with Gasteiger partial charge in [0.15, 0.2) is 5.96 Å². The SMILES string of the molecule is CCCNC(=NCC(=O)N(C)C)NCC1(c2cccc(Cl)c2)CC1. The smallest absolute Gasteiger partial charge is 0.243 e. The Balaban J connectivity index is 1.99. The lowest BCUT2D eigenvalue weighted by Crippen LogP contribution is -2.42. The van der Waals surface area contributed by atoms with Gasteiger partial charge in [0.2, 0.25) is 5.91 Å². The molecule has 2 N–H and O–H groups in total. The van der Waals surface area contributed by atoms with Crippen molar-refractivity contribution in [3.63, 3.8) is 0 Å². The number of nitrogens with zero attached hydrogens (tertiary/aromatic N) is 2. The summed E-state index contributed by atoms with van der Waals surface area (Å²) in [5.41, 5.74) is 1.40. The van der Waals surface area contributed by atoms with E-state index in [2.05, 4.69) is 28.6 Å². The number of benzene rings is 1. The Labute approximate surface area is 149 Å². The summed E-state index contributed by atoms with van der Waals surface area (Å²) in [6, 6.07) is 8.07. The average Bonchev–Trinajstić information content (AvgIpc) is 3.35. The van der Waals surface area contributed by atoms with Crippen LogP contribution in [0.2, 0.25) is 5.02 Å². The molecule has 0 aromatic heterocycles. The number of aliphatic imine (C=N–C) groups is 1. The van der Waals surface area contributed by atoms with Crippen LogP contribution in [0.3, 0.4) is 0 Å². The molecule has 0 radical (unpaired) electrons. The quantitative estimate of drug-likeness (QED) is 0.586. The van der Waals surface area contributed by atoms with Crippen LogP contribution in [0.4, 0.5) is 0 Å². The molecule has 1 saturated carbocycles. The average molecular weight is 351 g/mol. The first-order valence-corrected chi connectivity index (χ1v) is 8.83. The van der Waals surface area contributed by atoms with E-state index in [0.29, 0.717) is 5.96 Å². The Morgan fingerprint density at radius 1 is 1.33 bits per heavy atom. The predicted molar refractivity (Wildman–Crippen MR) is 99.7 cm³/mol. The van der Waals surface area contributed by atoms with E-state index in [1.54, 1.807) is 19.0 Å². The van der Waals surface area contributed by atoms with Gasteiger partial charge in [-0.15, -0.1) is 0 Å². The zero-order valence-electron chi connectivity index (χ0n) is 14.7. The molecule has 0 saturated heterocycles. The summed E-state index contributed by atoms with van der Waals surface area (Å²) in [7, 11) is 3.48. The van der Waals surface area contributed by atoms with Crippen molar-refractivity contribution in [1.29, 1.82) is 0 Å². The number of hydrogen-bond acceptors (Lipinski definition) is 2. The second kappa shape index (κ2) is 8.38. The van der Waals surface area contributed by atoms with E-state index in [-0.39, 0.29) is 17.9 Å². The number of amides is 1. The van der Waals surface area contributed by atoms with Crippen LogP contribution in [0.5, 0.6) is 0 Å². The molecule has 0 spiro atoms. The Morgan fingerprint density at radius 2 is 2.08 bits per heavy atom. The molecule has 1 aromatic carbocycles. The Bertz CT molecular complexity index is 596. The number of halogens is 1. The van der Waals surface area contributed by atoms with Gasteiger partial charge in [0.25, 0.3) is 0 Å². The van der Waals surface area contributed by atoms with Crippen LogP contribution in [0, 0.1) is 0 Å². The number of nitrogens with one attached hydrogen (secondary N) is 2. The van der Waals surface area contributed by atoms with Gasteiger partial charge in [-0.3, -0.25) is 4.79 Å². The fraction of sp³-hybridized carbons (Fsp3) is 0.556. The monoisotopic (exact) mass is 350 g/mol. The van der Waals surface area contributed by atoms with Gasteiger partial charge in [-0.05, 0) is 37.0 Å². The molecule has 132 valence electrons. The van der Waals surface area contributed by atoms with Gasteiger partial charge in [-0.25, -0.2) is 4.99 Å². The van der Waals surface area contributed by atoms with Crippen molar-refractivity contribution >= 4 is 23.5 Å². The fourth-order valence-corrected chi connectivity index (χ4v) is 2.69. The number of guanidine groups is 1. The molecule has 5 nitrogen and oxygen atoms in total. The van der Waals surface area contributed by atoms with Gasteiger partial charge in [-0.2, -0.15) is 0 Å². The third-order valence-corrected chi connectivity index (χ3v) is 4.53. The van der Waals surface area contributed by atoms with Crippen LogP contribution < -0.4 is 10.6 Å². The molecule has 1 aliphatic rings. The molecule has 6 heteroatoms. The van der Waals surface area contributed by atoms with Gasteiger partial charge in [0.05, 0.1) is 0 Å². The summed E-state index contributed by atoms with van der Waals surface area (Å²) in [5, 5.41) is 7.44. The van der Waals surface area contributed by atoms with Crippen LogP contribution in [0.1, 0.15) is 31.7 Å². The number of carbonyl (C=O) groups is 1. The second-order valence-corrected chi connectivity index (χ2v) is 6.96. The Morgan fingerprint density at radius 3 is 2.67 bits per heavy atom. The van der Waals surface area contributed by atoms with E-state index in [4.69, 9.17) is 11.6 Å². The van der Waals surface area contributed by atoms with Crippen molar-refractivity contribution in [3.05, 3.63) is 34.9 Å². The summed E-state index contributed by atoms with van der Waals surface area (Å²) in [6.45, 7) is 3.87. The lowest BCUT2D eigenvalue weighted by molar-refractivity contribution is -0.127. The summed E-state index contributed by atoms with van der Waals surface area (Å²) in [5.74, 6) is 0.684. The molecular weight excluding hydrogens is 324 g/mol. The van der Waals surface area contributed by atoms with E-state index in [1.165, 1.54) is 5.56 Å². The minimum atomic E-state index is -0.0106. The van der Waals surface area contributed by atoms with Crippen LogP contribution in [0.25, 0.3) is 0 Å². The van der Waals surface area contributed by atoms with Crippen molar-refractivity contribution < 1.29 is 4.79 Å². The normalized spacial score (nSPS) is 15.8. The lowest BCUT2D eigenvalue weighted by Gasteiger charge is -2.19. The molecule has 0 unspecified atom stereocenters. The largest absolute Gasteiger partial charge is 0.356 e. The first-order valence-electron chi connectivity index (χ1n) is 8.45. The molecule has 0 bridgehead atoms. The first-order chi connectivity index (χ1) is 11.5. The number of rotatable bonds is 7. The number of carbonyl (C=O) groups excluding carboxylic acids is 1. The van der Waals surface area contributed by atoms with E-state index >= 15 is 0 Å². The van der Waals surface area contributed by atoms with Gasteiger partial charge >= 0.3 is 0 Å². The summed E-state index contributed by atoms with van der Waals surface area (Å²) < 4.78 is 0. The number of likely N-dealkylation sites (N-methyl/N-ethyl adjacent to an activating group) is 1. The third kappa shape index (κ3) is 5.13. The van der Waals surface area contributed by atoms with E-state index in [1.807, 2.05) is 18.2 Å². The molecular formula is C18H27ClN4O. The molecule has 0 aliphatic heterocycles. The van der Waals surface area contributed by atoms with Crippen LogP contribution in [0.15, 0.2) is 29.3 Å². The first kappa shape index (κ1) is 18.6. The molecule has 1 aromatic rings. The van der Waals surface area contributed by atoms with Crippen LogP contribution in [-0.4, -0.2) is 50.5 Å². The van der Waals surface area contributed by atoms with Crippen molar-refractivity contribution in [1.82, 2.24) is 15.5 Å². The Hall–Kier alpha value is -1.75. The molecule has 1 aliphatic carbocycles. The highest BCUT2D eigenvalue weighted by molar-refractivity contribution is 6.30. The lowest BCUT2D eigenvalue weighted by atomic mass is 9.96. The minimum absolute atomic E-state index is 0.0106. The van der Waals surface area contributed by atoms with Crippen molar-refractivity contribution in [2.45, 2.75) is 31.6 Å². The molecule has 1 fully saturated rings. The van der Waals surface area contributed by atoms with E-state index < -0.39 is 0 Å². The Kier molecular flexibility index (Phi) is 6.49. The molecule has 2 rings (SSSR count). The maximum Gasteiger partial charge on any atom is 0.243 e. The topological polar surface area (TPSA) is 56.7 Å². The van der Waals surface area contributed by atoms with Crippen molar-refractivity contribution in [3.8, 4) is 0 Å².